The van der Waals surface area contributed by atoms with Gasteiger partial charge in [-0.3, -0.25) is 9.13 Å². The summed E-state index contributed by atoms with van der Waals surface area (Å²) in [6.45, 7) is -0.979. The van der Waals surface area contributed by atoms with Crippen molar-refractivity contribution in [2.24, 2.45) is 0 Å². The molecule has 7 N–H and O–H groups in total. The molecular weight excluding hydrogens is 1560 g/mol. The number of aromatic nitrogens is 12. The fourth-order valence-electron chi connectivity index (χ4n) is 11.1. The molecule has 560 valence electrons. The minimum Gasteiger partial charge on any atom is -0.459 e. The van der Waals surface area contributed by atoms with Crippen molar-refractivity contribution in [1.29, 1.82) is 0 Å². The van der Waals surface area contributed by atoms with Crippen molar-refractivity contribution in [3.8, 4) is 0 Å². The number of halogens is 7. The van der Waals surface area contributed by atoms with Crippen molar-refractivity contribution in [1.82, 2.24) is 59.0 Å². The van der Waals surface area contributed by atoms with Crippen molar-refractivity contribution in [2.45, 2.75) is 72.6 Å². The number of rotatable bonds is 17. The lowest BCUT2D eigenvalue weighted by Crippen LogP contribution is -2.37. The minimum atomic E-state index is -1.87. The lowest BCUT2D eigenvalue weighted by molar-refractivity contribution is -0.0571. The van der Waals surface area contributed by atoms with Gasteiger partial charge in [-0.1, -0.05) is 125 Å². The Morgan fingerprint density at radius 2 is 0.716 bits per heavy atom. The number of carbonyl (C=O) groups is 6. The average molecular weight is 1620 g/mol. The third kappa shape index (κ3) is 18.4. The fraction of sp³-hybridized carbons (Fsp3) is 0.208. The van der Waals surface area contributed by atoms with Crippen molar-refractivity contribution >= 4 is 137 Å². The first-order valence-electron chi connectivity index (χ1n) is 32.6. The number of imidazole rings is 3. The molecule has 12 aromatic rings. The molecule has 0 radical (unpaired) electrons. The molecule has 3 aliphatic heterocycles. The molecule has 0 bridgehead atoms. The van der Waals surface area contributed by atoms with Crippen molar-refractivity contribution in [3.05, 3.63) is 250 Å². The second-order valence-corrected chi connectivity index (χ2v) is 25.4. The number of nitrogens with one attached hydrogen (secondary N) is 1. The number of esters is 6. The first kappa shape index (κ1) is 76.8. The van der Waals surface area contributed by atoms with Gasteiger partial charge >= 0.3 is 35.8 Å². The molecular formula is C72H58BrCl3F3N15O15. The van der Waals surface area contributed by atoms with E-state index in [1.54, 1.807) is 182 Å². The molecule has 37 heteroatoms. The van der Waals surface area contributed by atoms with Gasteiger partial charge < -0.3 is 64.8 Å². The molecule has 3 aliphatic rings. The summed E-state index contributed by atoms with van der Waals surface area (Å²) >= 11 is 20.4. The molecule has 109 heavy (non-hydrogen) atoms. The Balaban J connectivity index is 0.000000144. The summed E-state index contributed by atoms with van der Waals surface area (Å²) in [6, 6.07) is 49.5. The number of nitrogens with zero attached hydrogens (tertiary/aromatic N) is 11. The highest BCUT2D eigenvalue weighted by Crippen LogP contribution is 2.39. The number of nitrogens with two attached hydrogens (primary N) is 3. The predicted molar refractivity (Wildman–Crippen MR) is 388 cm³/mol. The number of anilines is 3. The Bertz CT molecular complexity index is 4970. The number of benzene rings is 6. The second-order valence-electron chi connectivity index (χ2n) is 23.5. The number of ether oxygens (including phenoxy) is 9. The van der Waals surface area contributed by atoms with E-state index >= 15 is 8.78 Å². The Labute approximate surface area is 637 Å². The number of alkyl halides is 4. The van der Waals surface area contributed by atoms with E-state index in [9.17, 15) is 33.2 Å². The van der Waals surface area contributed by atoms with Crippen LogP contribution >= 0.6 is 50.7 Å². The van der Waals surface area contributed by atoms with Gasteiger partial charge in [-0.25, -0.2) is 56.9 Å². The highest BCUT2D eigenvalue weighted by molar-refractivity contribution is 9.09. The van der Waals surface area contributed by atoms with E-state index in [-0.39, 0.29) is 80.8 Å². The van der Waals surface area contributed by atoms with Crippen LogP contribution in [0.1, 0.15) is 74.6 Å². The van der Waals surface area contributed by atoms with Gasteiger partial charge in [0.1, 0.15) is 59.7 Å². The second kappa shape index (κ2) is 35.3. The first-order valence-corrected chi connectivity index (χ1v) is 34.6. The summed E-state index contributed by atoms with van der Waals surface area (Å²) in [5.74, 6) is -3.65. The Morgan fingerprint density at radius 1 is 0.413 bits per heavy atom. The molecule has 15 rings (SSSR count). The number of H-pyrrole nitrogens is 1. The monoisotopic (exact) mass is 1610 g/mol. The van der Waals surface area contributed by atoms with Crippen molar-refractivity contribution in [2.75, 3.05) is 37.0 Å². The molecule has 0 spiro atoms. The topological polar surface area (TPSA) is 405 Å². The predicted octanol–water partition coefficient (Wildman–Crippen LogP) is 10.9. The van der Waals surface area contributed by atoms with Gasteiger partial charge in [-0.15, -0.1) is 0 Å². The first-order chi connectivity index (χ1) is 52.7. The van der Waals surface area contributed by atoms with Crippen molar-refractivity contribution < 1.29 is 84.6 Å². The molecule has 3 unspecified atom stereocenters. The summed E-state index contributed by atoms with van der Waals surface area (Å²) in [4.78, 5) is 113. The minimum absolute atomic E-state index is 0.0116. The maximum Gasteiger partial charge on any atom is 0.338 e. The molecule has 3 fully saturated rings. The van der Waals surface area contributed by atoms with Crippen LogP contribution in [0, 0.1) is 0 Å². The Kier molecular flexibility index (Phi) is 24.9. The standard InChI is InChI=1S/2C24H19ClFN5O5.C19H16BrFO5.C5H4ClN5/c2*25-24-29-19(27)17-20(30-24)31(12-28-17)21-16(26)18(36-23(33)14-9-5-2-6-10-14)15(35-21)11-34-22(32)13-7-3-1-4-8-13;20-17-15(21)16(26-19(23)13-9-5-2-6-10-13)14(25-17)11-24-18(22)12-7-3-1-4-8-12;6-5-10-3(7)2-4(11-5)9-1-8-2/h2*1-10,12,15-16,18,21H,11H2,(H2,27,29,30);1-10,14-17H,11H2;1H,(H3,7,8,9,10,11)/t15-,16-,18?,21+;15-,16-,18?,21-;14-,15-,16?,17+;/m111./s1. The summed E-state index contributed by atoms with van der Waals surface area (Å²) in [5.41, 5.74) is 20.7. The third-order valence-electron chi connectivity index (χ3n) is 16.4. The van der Waals surface area contributed by atoms with Crippen LogP contribution in [0.3, 0.4) is 0 Å². The Hall–Kier alpha value is -11.8. The van der Waals surface area contributed by atoms with Gasteiger partial charge in [0.25, 0.3) is 0 Å². The van der Waals surface area contributed by atoms with Crippen LogP contribution in [0.4, 0.5) is 30.6 Å². The molecule has 6 aromatic heterocycles. The smallest absolute Gasteiger partial charge is 0.338 e. The van der Waals surface area contributed by atoms with Crippen molar-refractivity contribution in [3.63, 3.8) is 0 Å². The number of nitrogen functional groups attached to an aromatic ring is 3. The van der Waals surface area contributed by atoms with E-state index in [1.807, 2.05) is 0 Å². The van der Waals surface area contributed by atoms with Gasteiger partial charge in [-0.2, -0.15) is 29.9 Å². The SMILES string of the molecule is Nc1nc(Cl)nc2c1ncn2[C@@H]1O[C@H](COC(=O)c2ccccc2)C(OC(=O)c2ccccc2)[C@H]1F.Nc1nc(Cl)nc2c1ncn2[C@H]1O[C@H](COC(=O)c2ccccc2)C(OC(=O)c2ccccc2)[C@H]1F.Nc1nc(Cl)nc2nc[nH]c12.O=C(OC[C@H]1O[C@H](Br)[C@H](F)C1OC(=O)c1ccccc1)c1ccccc1. The van der Waals surface area contributed by atoms with E-state index in [0.717, 1.165) is 0 Å². The molecule has 30 nitrogen and oxygen atoms in total. The normalized spacial score (nSPS) is 21.1. The number of hydrogen-bond acceptors (Lipinski definition) is 27. The van der Waals surface area contributed by atoms with Crippen LogP contribution in [0.25, 0.3) is 33.5 Å². The van der Waals surface area contributed by atoms with E-state index in [4.69, 9.17) is 94.6 Å². The van der Waals surface area contributed by atoms with Gasteiger partial charge in [0.2, 0.25) is 15.9 Å². The van der Waals surface area contributed by atoms with Gasteiger partial charge in [0.15, 0.2) is 83.7 Å². The Morgan fingerprint density at radius 3 is 1.06 bits per heavy atom. The lowest BCUT2D eigenvalue weighted by atomic mass is 10.1. The third-order valence-corrected chi connectivity index (χ3v) is 17.6. The number of aromatic amines is 1. The summed E-state index contributed by atoms with van der Waals surface area (Å²) in [7, 11) is 0. The quantitative estimate of drug-likeness (QED) is 0.0285. The molecule has 9 heterocycles. The fourth-order valence-corrected chi connectivity index (χ4v) is 12.2. The molecule has 0 aliphatic carbocycles. The molecule has 12 atom stereocenters. The van der Waals surface area contributed by atoms with Gasteiger partial charge in [-0.05, 0) is 108 Å². The highest BCUT2D eigenvalue weighted by atomic mass is 79.9. The molecule has 0 saturated carbocycles. The largest absolute Gasteiger partial charge is 0.459 e. The molecule has 0 amide bonds. The molecule has 3 saturated heterocycles. The van der Waals surface area contributed by atoms with E-state index in [0.29, 0.717) is 39.2 Å². The summed E-state index contributed by atoms with van der Waals surface area (Å²) in [6.07, 6.45) is -11.1. The summed E-state index contributed by atoms with van der Waals surface area (Å²) < 4.78 is 97.9. The van der Waals surface area contributed by atoms with E-state index in [2.05, 4.69) is 65.8 Å². The maximum absolute atomic E-state index is 15.8. The molecule has 6 aromatic carbocycles. The van der Waals surface area contributed by atoms with E-state index < -0.39 is 108 Å². The highest BCUT2D eigenvalue weighted by Gasteiger charge is 2.52. The number of fused-ring (bicyclic) bond motifs is 3. The zero-order chi connectivity index (χ0) is 76.8. The zero-order valence-electron chi connectivity index (χ0n) is 56.0. The number of carbonyl (C=O) groups excluding carboxylic acids is 6. The van der Waals surface area contributed by atoms with Gasteiger partial charge in [0, 0.05) is 0 Å². The van der Waals surface area contributed by atoms with Crippen LogP contribution in [-0.4, -0.2) is 175 Å². The van der Waals surface area contributed by atoms with Crippen LogP contribution in [-0.2, 0) is 42.6 Å². The average Bonchev–Trinajstić information content (AvgIpc) is 1.62. The number of hydrogen-bond donors (Lipinski definition) is 4. The lowest BCUT2D eigenvalue weighted by Gasteiger charge is -2.19. The van der Waals surface area contributed by atoms with Crippen LogP contribution in [0.15, 0.2) is 201 Å². The zero-order valence-corrected chi connectivity index (χ0v) is 59.9. The van der Waals surface area contributed by atoms with E-state index in [1.165, 1.54) is 28.1 Å². The van der Waals surface area contributed by atoms with Crippen LogP contribution < -0.4 is 17.2 Å². The van der Waals surface area contributed by atoms with Crippen LogP contribution in [0.2, 0.25) is 15.9 Å². The summed E-state index contributed by atoms with van der Waals surface area (Å²) in [5, 5.41) is -1.15. The van der Waals surface area contributed by atoms with Crippen LogP contribution in [0.5, 0.6) is 0 Å². The maximum atomic E-state index is 15.8. The van der Waals surface area contributed by atoms with Gasteiger partial charge in [0.05, 0.1) is 52.4 Å².